The number of benzene rings is 2. The number of amides is 5. The number of carbonyl (C=O) groups excluding carboxylic acids is 8. The van der Waals surface area contributed by atoms with E-state index in [1.54, 1.807) is 75.3 Å². The summed E-state index contributed by atoms with van der Waals surface area (Å²) in [5, 5.41) is 3.49. The van der Waals surface area contributed by atoms with Gasteiger partial charge in [-0.25, -0.2) is 4.98 Å². The Kier molecular flexibility index (Phi) is 29.8. The molecule has 10 atom stereocenters. The fourth-order valence-corrected chi connectivity index (χ4v) is 12.6. The number of nitrogens with zero attached hydrogens (tertiary/aromatic N) is 5. The van der Waals surface area contributed by atoms with Crippen molar-refractivity contribution in [2.75, 3.05) is 94.3 Å². The van der Waals surface area contributed by atoms with Crippen molar-refractivity contribution >= 4 is 58.2 Å². The second kappa shape index (κ2) is 36.0. The predicted octanol–water partition coefficient (Wildman–Crippen LogP) is 7.95. The van der Waals surface area contributed by atoms with Crippen LogP contribution in [0.25, 0.3) is 0 Å². The number of fused-ring (bicyclic) bond motifs is 1. The van der Waals surface area contributed by atoms with Crippen molar-refractivity contribution in [1.82, 2.24) is 24.7 Å². The van der Waals surface area contributed by atoms with Crippen LogP contribution in [-0.2, 0) is 68.4 Å². The van der Waals surface area contributed by atoms with Gasteiger partial charge in [-0.15, -0.1) is 16.4 Å². The Morgan fingerprint density at radius 2 is 1.28 bits per heavy atom. The first kappa shape index (κ1) is 71.1. The van der Waals surface area contributed by atoms with Crippen LogP contribution >= 0.6 is 11.3 Å². The Morgan fingerprint density at radius 3 is 1.81 bits per heavy atom. The summed E-state index contributed by atoms with van der Waals surface area (Å²) in [6, 6.07) is 14.7. The van der Waals surface area contributed by atoms with Crippen LogP contribution in [0.1, 0.15) is 138 Å². The zero-order valence-electron chi connectivity index (χ0n) is 52.8. The van der Waals surface area contributed by atoms with Crippen molar-refractivity contribution in [2.45, 2.75) is 143 Å². The van der Waals surface area contributed by atoms with Gasteiger partial charge in [0.15, 0.2) is 5.78 Å². The highest BCUT2D eigenvalue weighted by Crippen LogP contribution is 2.34. The molecule has 1 aromatic heterocycles. The molecule has 3 heterocycles. The van der Waals surface area contributed by atoms with Crippen LogP contribution in [0.3, 0.4) is 0 Å². The molecule has 0 radical (unpaired) electrons. The Morgan fingerprint density at radius 1 is 0.698 bits per heavy atom. The van der Waals surface area contributed by atoms with Gasteiger partial charge >= 0.3 is 0 Å². The largest absolute Gasteiger partial charge is 0.379 e. The fraction of sp³-hybridized carbons (Fsp3) is 0.646. The van der Waals surface area contributed by atoms with E-state index >= 15 is 0 Å². The SMILES string of the molecule is CC[C@H](C)[C@@H]([C@@H](CC(=O)N1CCC[C@H]1[C@H](OC)[C@@H](C)C(=O)[C@@H](C)C(=O)C[C@@H](Cc1ccccc1)c1nccs1)OC)N(C)C(=O)[C@@H](CC(=O)[C@H](C(C)C)N(C)C(=O)CCOCCOCCOCCOCCON1C(=O)c2ccccc2C1=O)C(C)C. The Bertz CT molecular complexity index is 2600. The van der Waals surface area contributed by atoms with E-state index in [9.17, 15) is 38.4 Å². The van der Waals surface area contributed by atoms with Crippen LogP contribution in [0.5, 0.6) is 0 Å². The van der Waals surface area contributed by atoms with Crippen LogP contribution in [0.4, 0.5) is 0 Å². The minimum atomic E-state index is -0.895. The van der Waals surface area contributed by atoms with E-state index < -0.39 is 59.9 Å². The minimum Gasteiger partial charge on any atom is -0.379 e. The highest BCUT2D eigenvalue weighted by molar-refractivity contribution is 7.09. The van der Waals surface area contributed by atoms with Gasteiger partial charge in [-0.2, -0.15) is 0 Å². The monoisotopic (exact) mass is 1220 g/mol. The van der Waals surface area contributed by atoms with Crippen molar-refractivity contribution in [3.8, 4) is 0 Å². The molecule has 0 unspecified atom stereocenters. The second-order valence-corrected chi connectivity index (χ2v) is 24.3. The molecule has 2 aromatic carbocycles. The van der Waals surface area contributed by atoms with Crippen molar-refractivity contribution < 1.29 is 71.6 Å². The summed E-state index contributed by atoms with van der Waals surface area (Å²) in [5.74, 6) is -5.45. The third-order valence-corrected chi connectivity index (χ3v) is 17.8. The summed E-state index contributed by atoms with van der Waals surface area (Å²) < 4.78 is 34.5. The summed E-state index contributed by atoms with van der Waals surface area (Å²) in [7, 11) is 6.40. The minimum absolute atomic E-state index is 0.0171. The van der Waals surface area contributed by atoms with Crippen molar-refractivity contribution in [2.24, 2.45) is 35.5 Å². The zero-order chi connectivity index (χ0) is 63.0. The summed E-state index contributed by atoms with van der Waals surface area (Å²) >= 11 is 1.50. The normalized spacial score (nSPS) is 17.4. The van der Waals surface area contributed by atoms with Gasteiger partial charge in [0, 0.05) is 77.0 Å². The summed E-state index contributed by atoms with van der Waals surface area (Å²) in [6.07, 6.45) is 3.00. The highest BCUT2D eigenvalue weighted by Gasteiger charge is 2.45. The highest BCUT2D eigenvalue weighted by atomic mass is 32.1. The van der Waals surface area contributed by atoms with Gasteiger partial charge in [0.05, 0.1) is 125 Å². The number of hydrogen-bond donors (Lipinski definition) is 0. The molecule has 1 fully saturated rings. The molecule has 476 valence electrons. The third-order valence-electron chi connectivity index (χ3n) is 16.9. The molecule has 5 amide bonds. The molecule has 86 heavy (non-hydrogen) atoms. The van der Waals surface area contributed by atoms with Crippen LogP contribution in [0, 0.1) is 35.5 Å². The number of ketones is 3. The Balaban J connectivity index is 1.06. The van der Waals surface area contributed by atoms with E-state index in [1.165, 1.54) is 23.3 Å². The number of hydrogen-bond acceptors (Lipinski definition) is 17. The lowest BCUT2D eigenvalue weighted by Gasteiger charge is -2.41. The first-order chi connectivity index (χ1) is 41.2. The van der Waals surface area contributed by atoms with Gasteiger partial charge in [-0.1, -0.05) is 97.4 Å². The number of aromatic nitrogens is 1. The summed E-state index contributed by atoms with van der Waals surface area (Å²) in [4.78, 5) is 125. The lowest BCUT2D eigenvalue weighted by atomic mass is 9.82. The first-order valence-electron chi connectivity index (χ1n) is 30.5. The molecule has 0 spiro atoms. The molecule has 20 nitrogen and oxygen atoms in total. The smallest absolute Gasteiger partial charge is 0.285 e. The maximum Gasteiger partial charge on any atom is 0.285 e. The second-order valence-electron chi connectivity index (χ2n) is 23.3. The zero-order valence-corrected chi connectivity index (χ0v) is 53.6. The fourth-order valence-electron chi connectivity index (χ4n) is 11.8. The molecule has 5 rings (SSSR count). The summed E-state index contributed by atoms with van der Waals surface area (Å²) in [5.41, 5.74) is 1.70. The van der Waals surface area contributed by atoms with Crippen molar-refractivity contribution in [3.05, 3.63) is 87.9 Å². The Labute approximate surface area is 513 Å². The number of ether oxygens (including phenoxy) is 6. The number of likely N-dealkylation sites (tertiary alicyclic amines) is 1. The van der Waals surface area contributed by atoms with E-state index in [2.05, 4.69) is 4.98 Å². The van der Waals surface area contributed by atoms with Gasteiger partial charge in [-0.05, 0) is 61.6 Å². The van der Waals surface area contributed by atoms with Crippen LogP contribution in [0.2, 0.25) is 0 Å². The van der Waals surface area contributed by atoms with Crippen LogP contribution in [-0.4, -0.2) is 196 Å². The molecule has 0 bridgehead atoms. The van der Waals surface area contributed by atoms with Crippen molar-refractivity contribution in [1.29, 1.82) is 0 Å². The molecule has 3 aromatic rings. The van der Waals surface area contributed by atoms with E-state index in [0.717, 1.165) is 15.6 Å². The molecular formula is C65H95N5O15S. The van der Waals surface area contributed by atoms with Crippen LogP contribution in [0.15, 0.2) is 66.2 Å². The van der Waals surface area contributed by atoms with Gasteiger partial charge < -0.3 is 43.1 Å². The maximum atomic E-state index is 14.8. The number of imide groups is 1. The van der Waals surface area contributed by atoms with Gasteiger partial charge in [-0.3, -0.25) is 43.2 Å². The van der Waals surface area contributed by atoms with E-state index in [-0.39, 0.29) is 124 Å². The molecule has 0 aliphatic carbocycles. The quantitative estimate of drug-likeness (QED) is 0.0298. The lowest BCUT2D eigenvalue weighted by Crippen LogP contribution is -2.54. The van der Waals surface area contributed by atoms with Gasteiger partial charge in [0.25, 0.3) is 11.8 Å². The standard InChI is InChI=1S/C65H95N5O15S/c1-13-44(6)59(55(79-11)41-57(74)69-27-19-24-52(69)61(80-12)46(8)60(75)45(7)53(71)39-48(62-66-26-37-86-62)38-47-20-15-14-16-21-47)68(10)63(76)51(42(2)3)40-54(72)58(43(4)5)67(9)56(73)25-28-81-29-30-82-31-32-83-33-34-84-35-36-85-70-64(77)49-22-17-18-23-50(49)65(70)78/h14-18,20-23,26,37,42-46,48,51-52,55,58-59,61H,13,19,24-25,27-36,38-41H2,1-12H3/t44-,45-,46-,48+,51-,52-,55+,58-,59-,61+/m0/s1. The predicted molar refractivity (Wildman–Crippen MR) is 325 cm³/mol. The topological polar surface area (TPSA) is 227 Å². The average Bonchev–Trinajstić information content (AvgIpc) is 2.19. The van der Waals surface area contributed by atoms with E-state index in [1.807, 2.05) is 77.3 Å². The average molecular weight is 1220 g/mol. The molecule has 0 N–H and O–H groups in total. The number of methoxy groups -OCH3 is 2. The first-order valence-corrected chi connectivity index (χ1v) is 31.4. The summed E-state index contributed by atoms with van der Waals surface area (Å²) in [6.45, 7) is 17.5. The van der Waals surface area contributed by atoms with Gasteiger partial charge in [0.2, 0.25) is 17.7 Å². The van der Waals surface area contributed by atoms with Crippen molar-refractivity contribution in [3.63, 3.8) is 0 Å². The number of Topliss-reactive ketones (excluding diaryl/α,β-unsaturated/α-hetero) is 3. The molecule has 21 heteroatoms. The lowest BCUT2D eigenvalue weighted by molar-refractivity contribution is -0.150. The number of thiazole rings is 1. The van der Waals surface area contributed by atoms with Crippen LogP contribution < -0.4 is 0 Å². The number of carbonyl (C=O) groups is 8. The third kappa shape index (κ3) is 19.7. The van der Waals surface area contributed by atoms with E-state index in [0.29, 0.717) is 63.2 Å². The maximum absolute atomic E-state index is 14.8. The van der Waals surface area contributed by atoms with E-state index in [4.69, 9.17) is 33.3 Å². The molecule has 1 saturated heterocycles. The van der Waals surface area contributed by atoms with Gasteiger partial charge in [0.1, 0.15) is 11.6 Å². The number of likely N-dealkylation sites (N-methyl/N-ethyl adjacent to an activating group) is 2. The molecule has 2 aliphatic rings. The molecular weight excluding hydrogens is 1120 g/mol. The Hall–Kier alpha value is -5.65. The molecule has 0 saturated carbocycles. The number of rotatable bonds is 41. The molecule has 2 aliphatic heterocycles. The number of hydroxylamine groups is 2.